The molecular formula is C27H21BrF3N3O5. The maximum Gasteiger partial charge on any atom is 0.416 e. The molecule has 1 N–H and O–H groups in total. The standard InChI is InChI=1S/C27H21BrF3N3O5/c1-3-38-22-12-17(20(28)13-23(22)39-15(2)26(36)37)14-32-34-24(16-7-6-8-18(11-16)27(29,30)31)33-21-10-5-4-9-19(21)25(34)35/h4-15H,3H2,1-2H3,(H,36,37)/t15-/m1/s1. The van der Waals surface area contributed by atoms with Crippen molar-refractivity contribution in [3.8, 4) is 22.9 Å². The van der Waals surface area contributed by atoms with E-state index in [1.165, 1.54) is 37.4 Å². The predicted octanol–water partition coefficient (Wildman–Crippen LogP) is 5.98. The Morgan fingerprint density at radius 1 is 1.15 bits per heavy atom. The van der Waals surface area contributed by atoms with Gasteiger partial charge in [0, 0.05) is 15.6 Å². The van der Waals surface area contributed by atoms with Crippen molar-refractivity contribution in [2.75, 3.05) is 6.61 Å². The third kappa shape index (κ3) is 6.11. The van der Waals surface area contributed by atoms with Crippen molar-refractivity contribution in [2.24, 2.45) is 5.10 Å². The summed E-state index contributed by atoms with van der Waals surface area (Å²) in [6.07, 6.45) is -4.43. The first-order valence-corrected chi connectivity index (χ1v) is 12.4. The first-order chi connectivity index (χ1) is 18.5. The molecule has 4 rings (SSSR count). The van der Waals surface area contributed by atoms with Crippen molar-refractivity contribution in [1.29, 1.82) is 0 Å². The molecule has 0 saturated heterocycles. The lowest BCUT2D eigenvalue weighted by atomic mass is 10.1. The number of halogens is 4. The highest BCUT2D eigenvalue weighted by Crippen LogP contribution is 2.35. The average Bonchev–Trinajstić information content (AvgIpc) is 2.89. The van der Waals surface area contributed by atoms with E-state index in [9.17, 15) is 27.9 Å². The van der Waals surface area contributed by atoms with E-state index in [-0.39, 0.29) is 34.9 Å². The van der Waals surface area contributed by atoms with E-state index in [1.54, 1.807) is 31.2 Å². The van der Waals surface area contributed by atoms with E-state index in [0.29, 0.717) is 15.6 Å². The van der Waals surface area contributed by atoms with Crippen LogP contribution < -0.4 is 15.0 Å². The number of alkyl halides is 3. The lowest BCUT2D eigenvalue weighted by Gasteiger charge is -2.16. The van der Waals surface area contributed by atoms with Crippen molar-refractivity contribution in [2.45, 2.75) is 26.1 Å². The minimum atomic E-state index is -4.59. The number of carboxylic acids is 1. The fraction of sp³-hybridized carbons (Fsp3) is 0.185. The summed E-state index contributed by atoms with van der Waals surface area (Å²) in [6, 6.07) is 14.0. The van der Waals surface area contributed by atoms with Crippen LogP contribution in [0.2, 0.25) is 0 Å². The Morgan fingerprint density at radius 3 is 2.59 bits per heavy atom. The SMILES string of the molecule is CCOc1cc(C=Nn2c(-c3cccc(C(F)(F)F)c3)nc3ccccc3c2=O)c(Br)cc1O[C@H](C)C(=O)O. The number of hydrogen-bond acceptors (Lipinski definition) is 6. The zero-order valence-electron chi connectivity index (χ0n) is 20.6. The summed E-state index contributed by atoms with van der Waals surface area (Å²) in [5, 5.41) is 13.7. The van der Waals surface area contributed by atoms with Crippen LogP contribution >= 0.6 is 15.9 Å². The summed E-state index contributed by atoms with van der Waals surface area (Å²) in [5.41, 5.74) is -0.710. The monoisotopic (exact) mass is 603 g/mol. The molecule has 0 bridgehead atoms. The van der Waals surface area contributed by atoms with Gasteiger partial charge in [-0.1, -0.05) is 24.3 Å². The summed E-state index contributed by atoms with van der Waals surface area (Å²) in [4.78, 5) is 29.1. The molecule has 0 aliphatic rings. The molecule has 4 aromatic rings. The van der Waals surface area contributed by atoms with Crippen molar-refractivity contribution in [1.82, 2.24) is 9.66 Å². The van der Waals surface area contributed by atoms with Crippen LogP contribution in [0.3, 0.4) is 0 Å². The van der Waals surface area contributed by atoms with Crippen LogP contribution in [0.1, 0.15) is 25.0 Å². The number of ether oxygens (including phenoxy) is 2. The number of nitrogens with zero attached hydrogens (tertiary/aromatic N) is 3. The summed E-state index contributed by atoms with van der Waals surface area (Å²) < 4.78 is 52.7. The highest BCUT2D eigenvalue weighted by Gasteiger charge is 2.31. The van der Waals surface area contributed by atoms with Gasteiger partial charge in [-0.05, 0) is 66.2 Å². The number of rotatable bonds is 8. The molecule has 1 aromatic heterocycles. The number of para-hydroxylation sites is 1. The average molecular weight is 604 g/mol. The van der Waals surface area contributed by atoms with Gasteiger partial charge in [0.2, 0.25) is 0 Å². The van der Waals surface area contributed by atoms with Crippen LogP contribution in [0.15, 0.2) is 75.0 Å². The molecule has 0 spiro atoms. The van der Waals surface area contributed by atoms with E-state index in [4.69, 9.17) is 9.47 Å². The number of aliphatic carboxylic acids is 1. The van der Waals surface area contributed by atoms with Crippen molar-refractivity contribution in [3.05, 3.63) is 86.6 Å². The predicted molar refractivity (Wildman–Crippen MR) is 142 cm³/mol. The number of benzene rings is 3. The molecule has 8 nitrogen and oxygen atoms in total. The number of fused-ring (bicyclic) bond motifs is 1. The molecule has 0 aliphatic carbocycles. The van der Waals surface area contributed by atoms with E-state index < -0.39 is 29.4 Å². The zero-order chi connectivity index (χ0) is 28.3. The second kappa shape index (κ2) is 11.3. The Kier molecular flexibility index (Phi) is 8.05. The Morgan fingerprint density at radius 2 is 1.90 bits per heavy atom. The van der Waals surface area contributed by atoms with Crippen LogP contribution in [-0.2, 0) is 11.0 Å². The fourth-order valence-corrected chi connectivity index (χ4v) is 4.05. The molecule has 0 unspecified atom stereocenters. The minimum Gasteiger partial charge on any atom is -0.490 e. The van der Waals surface area contributed by atoms with Gasteiger partial charge in [-0.15, -0.1) is 0 Å². The molecule has 202 valence electrons. The molecule has 0 aliphatic heterocycles. The van der Waals surface area contributed by atoms with Gasteiger partial charge in [0.25, 0.3) is 5.56 Å². The zero-order valence-corrected chi connectivity index (χ0v) is 22.2. The molecule has 1 heterocycles. The maximum absolute atomic E-state index is 13.4. The van der Waals surface area contributed by atoms with Gasteiger partial charge >= 0.3 is 12.1 Å². The van der Waals surface area contributed by atoms with Gasteiger partial charge in [0.15, 0.2) is 23.4 Å². The van der Waals surface area contributed by atoms with Crippen molar-refractivity contribution < 1.29 is 32.5 Å². The second-order valence-electron chi connectivity index (χ2n) is 8.24. The highest BCUT2D eigenvalue weighted by molar-refractivity contribution is 9.10. The maximum atomic E-state index is 13.4. The van der Waals surface area contributed by atoms with Crippen LogP contribution in [0, 0.1) is 0 Å². The second-order valence-corrected chi connectivity index (χ2v) is 9.10. The van der Waals surface area contributed by atoms with Crippen LogP contribution in [0.5, 0.6) is 11.5 Å². The molecule has 0 fully saturated rings. The van der Waals surface area contributed by atoms with E-state index >= 15 is 0 Å². The van der Waals surface area contributed by atoms with Crippen LogP contribution in [-0.4, -0.2) is 39.7 Å². The Bertz CT molecular complexity index is 1640. The smallest absolute Gasteiger partial charge is 0.416 e. The van der Waals surface area contributed by atoms with Crippen molar-refractivity contribution in [3.63, 3.8) is 0 Å². The molecule has 0 radical (unpaired) electrons. The summed E-state index contributed by atoms with van der Waals surface area (Å²) in [6.45, 7) is 3.36. The first-order valence-electron chi connectivity index (χ1n) is 11.6. The Balaban J connectivity index is 1.86. The molecule has 39 heavy (non-hydrogen) atoms. The lowest BCUT2D eigenvalue weighted by Crippen LogP contribution is -2.23. The third-order valence-electron chi connectivity index (χ3n) is 5.53. The minimum absolute atomic E-state index is 0.0466. The fourth-order valence-electron chi connectivity index (χ4n) is 3.62. The number of aromatic nitrogens is 2. The van der Waals surface area contributed by atoms with Gasteiger partial charge in [0.05, 0.1) is 29.3 Å². The third-order valence-corrected chi connectivity index (χ3v) is 6.22. The molecular weight excluding hydrogens is 583 g/mol. The largest absolute Gasteiger partial charge is 0.490 e. The van der Waals surface area contributed by atoms with Crippen LogP contribution in [0.4, 0.5) is 13.2 Å². The van der Waals surface area contributed by atoms with E-state index in [0.717, 1.165) is 16.8 Å². The quantitative estimate of drug-likeness (QED) is 0.249. The lowest BCUT2D eigenvalue weighted by molar-refractivity contribution is -0.144. The summed E-state index contributed by atoms with van der Waals surface area (Å²) in [7, 11) is 0. The van der Waals surface area contributed by atoms with Gasteiger partial charge in [0.1, 0.15) is 0 Å². The van der Waals surface area contributed by atoms with Crippen molar-refractivity contribution >= 4 is 39.0 Å². The molecule has 12 heteroatoms. The normalized spacial score (nSPS) is 12.6. The molecule has 1 atom stereocenters. The molecule has 0 amide bonds. The number of hydrogen-bond donors (Lipinski definition) is 1. The first kappa shape index (κ1) is 27.8. The topological polar surface area (TPSA) is 103 Å². The van der Waals surface area contributed by atoms with Gasteiger partial charge in [-0.2, -0.15) is 22.9 Å². The highest BCUT2D eigenvalue weighted by atomic mass is 79.9. The summed E-state index contributed by atoms with van der Waals surface area (Å²) >= 11 is 3.38. The Hall–Kier alpha value is -4.19. The Labute approximate surface area is 228 Å². The van der Waals surface area contributed by atoms with E-state index in [1.807, 2.05) is 0 Å². The summed E-state index contributed by atoms with van der Waals surface area (Å²) in [5.74, 6) is -0.843. The molecule has 3 aromatic carbocycles. The van der Waals surface area contributed by atoms with Crippen LogP contribution in [0.25, 0.3) is 22.3 Å². The number of carboxylic acid groups (broad SMARTS) is 1. The van der Waals surface area contributed by atoms with Gasteiger partial charge < -0.3 is 14.6 Å². The van der Waals surface area contributed by atoms with Gasteiger partial charge in [-0.25, -0.2) is 9.78 Å². The van der Waals surface area contributed by atoms with Gasteiger partial charge in [-0.3, -0.25) is 4.79 Å². The van der Waals surface area contributed by atoms with E-state index in [2.05, 4.69) is 26.0 Å². The molecule has 0 saturated carbocycles. The number of carbonyl (C=O) groups is 1.